The summed E-state index contributed by atoms with van der Waals surface area (Å²) in [4.78, 5) is 16.6. The van der Waals surface area contributed by atoms with E-state index in [1.54, 1.807) is 10.6 Å². The Labute approximate surface area is 154 Å². The average molecular weight is 376 g/mol. The highest BCUT2D eigenvalue weighted by Crippen LogP contribution is 2.25. The number of amides is 1. The molecule has 0 aliphatic heterocycles. The third-order valence-corrected chi connectivity index (χ3v) is 4.45. The molecule has 0 unspecified atom stereocenters. The maximum atomic E-state index is 12.1. The first-order valence-electron chi connectivity index (χ1n) is 8.03. The molecule has 0 fully saturated rings. The van der Waals surface area contributed by atoms with E-state index in [2.05, 4.69) is 20.9 Å². The van der Waals surface area contributed by atoms with Gasteiger partial charge in [0.15, 0.2) is 5.96 Å². The van der Waals surface area contributed by atoms with Gasteiger partial charge >= 0.3 is 0 Å². The number of nitrogens with zero attached hydrogens (tertiary/aromatic N) is 2. The molecule has 3 N–H and O–H groups in total. The zero-order chi connectivity index (χ0) is 18.3. The van der Waals surface area contributed by atoms with Crippen LogP contribution in [0.1, 0.15) is 33.4 Å². The van der Waals surface area contributed by atoms with Gasteiger partial charge in [0.25, 0.3) is 0 Å². The van der Waals surface area contributed by atoms with Crippen LogP contribution < -0.4 is 16.0 Å². The van der Waals surface area contributed by atoms with Crippen LogP contribution in [-0.2, 0) is 18.4 Å². The number of hydrogen-bond acceptors (Lipinski definition) is 2. The zero-order valence-electron chi connectivity index (χ0n) is 15.0. The van der Waals surface area contributed by atoms with Gasteiger partial charge in [-0.25, -0.2) is 4.99 Å². The minimum absolute atomic E-state index is 0.00865. The highest BCUT2D eigenvalue weighted by Gasteiger charge is 2.27. The monoisotopic (exact) mass is 375 g/mol. The number of guanidine groups is 1. The summed E-state index contributed by atoms with van der Waals surface area (Å²) in [6.07, 6.45) is 0. The van der Waals surface area contributed by atoms with E-state index in [1.165, 1.54) is 0 Å². The Bertz CT molecular complexity index is 596. The molecule has 1 aromatic rings. The number of aromatic nitrogens is 1. The van der Waals surface area contributed by atoms with Crippen molar-refractivity contribution in [1.82, 2.24) is 20.5 Å². The van der Waals surface area contributed by atoms with Gasteiger partial charge in [0.05, 0.1) is 17.0 Å². The number of nitrogens with one attached hydrogen (secondary N) is 3. The number of carbonyl (C=O) groups excluding carboxylic acids is 1. The van der Waals surface area contributed by atoms with Crippen LogP contribution in [0.5, 0.6) is 0 Å². The third kappa shape index (κ3) is 5.60. The summed E-state index contributed by atoms with van der Waals surface area (Å²) in [5.41, 5.74) is 0.370. The standard InChI is InChI=1S/C16H27Cl2N5O/c1-6-19-14(24)16(3,4)10-22-15(20-7-2)21-9-11-8-12(17)13(18)23(11)5/h8H,6-7,9-10H2,1-5H3,(H,19,24)(H2,20,21,22). The van der Waals surface area contributed by atoms with E-state index in [-0.39, 0.29) is 5.91 Å². The molecule has 0 aliphatic rings. The average Bonchev–Trinajstić information content (AvgIpc) is 2.77. The fourth-order valence-corrected chi connectivity index (χ4v) is 2.44. The number of carbonyl (C=O) groups is 1. The van der Waals surface area contributed by atoms with E-state index in [9.17, 15) is 4.79 Å². The first-order chi connectivity index (χ1) is 11.2. The number of hydrogen-bond donors (Lipinski definition) is 3. The number of rotatable bonds is 7. The fourth-order valence-electron chi connectivity index (χ4n) is 2.03. The van der Waals surface area contributed by atoms with Crippen molar-refractivity contribution in [2.24, 2.45) is 17.5 Å². The van der Waals surface area contributed by atoms with Crippen molar-refractivity contribution in [2.45, 2.75) is 34.2 Å². The van der Waals surface area contributed by atoms with Crippen LogP contribution in [0, 0.1) is 5.41 Å². The first-order valence-corrected chi connectivity index (χ1v) is 8.78. The second-order valence-electron chi connectivity index (χ2n) is 6.13. The van der Waals surface area contributed by atoms with Gasteiger partial charge in [-0.2, -0.15) is 0 Å². The molecule has 1 rings (SSSR count). The van der Waals surface area contributed by atoms with Crippen molar-refractivity contribution in [3.8, 4) is 0 Å². The predicted molar refractivity (Wildman–Crippen MR) is 101 cm³/mol. The van der Waals surface area contributed by atoms with Crippen molar-refractivity contribution in [1.29, 1.82) is 0 Å². The molecule has 1 amide bonds. The van der Waals surface area contributed by atoms with Gasteiger partial charge < -0.3 is 20.5 Å². The summed E-state index contributed by atoms with van der Waals surface area (Å²) in [6, 6.07) is 1.80. The fraction of sp³-hybridized carbons (Fsp3) is 0.625. The molecule has 136 valence electrons. The molecular weight excluding hydrogens is 349 g/mol. The molecule has 0 aromatic carbocycles. The topological polar surface area (TPSA) is 70.5 Å². The molecule has 1 heterocycles. The van der Waals surface area contributed by atoms with Crippen molar-refractivity contribution >= 4 is 35.1 Å². The highest BCUT2D eigenvalue weighted by atomic mass is 35.5. The lowest BCUT2D eigenvalue weighted by atomic mass is 9.92. The van der Waals surface area contributed by atoms with Gasteiger partial charge in [0.1, 0.15) is 5.15 Å². The Morgan fingerprint density at radius 2 is 1.83 bits per heavy atom. The van der Waals surface area contributed by atoms with Crippen molar-refractivity contribution in [2.75, 3.05) is 19.6 Å². The predicted octanol–water partition coefficient (Wildman–Crippen LogP) is 2.55. The van der Waals surface area contributed by atoms with E-state index in [0.717, 1.165) is 12.2 Å². The maximum absolute atomic E-state index is 12.1. The lowest BCUT2D eigenvalue weighted by Gasteiger charge is -2.24. The SMILES string of the molecule is CCNC(=O)C(C)(C)CNC(=NCc1cc(Cl)c(Cl)n1C)NCC. The molecule has 0 aliphatic carbocycles. The Hall–Kier alpha value is -1.40. The Morgan fingerprint density at radius 3 is 2.33 bits per heavy atom. The van der Waals surface area contributed by atoms with Gasteiger partial charge in [-0.15, -0.1) is 0 Å². The van der Waals surface area contributed by atoms with Gasteiger partial charge in [0.2, 0.25) is 5.91 Å². The van der Waals surface area contributed by atoms with Crippen LogP contribution >= 0.6 is 23.2 Å². The molecule has 0 spiro atoms. The maximum Gasteiger partial charge on any atom is 0.227 e. The van der Waals surface area contributed by atoms with Crippen molar-refractivity contribution < 1.29 is 4.79 Å². The summed E-state index contributed by atoms with van der Waals surface area (Å²) in [7, 11) is 1.84. The Morgan fingerprint density at radius 1 is 1.21 bits per heavy atom. The quantitative estimate of drug-likeness (QED) is 0.506. The lowest BCUT2D eigenvalue weighted by Crippen LogP contribution is -2.47. The summed E-state index contributed by atoms with van der Waals surface area (Å²) in [5.74, 6) is 0.651. The van der Waals surface area contributed by atoms with Crippen LogP contribution in [-0.4, -0.2) is 36.1 Å². The van der Waals surface area contributed by atoms with E-state index in [1.807, 2.05) is 34.7 Å². The van der Waals surface area contributed by atoms with Gasteiger partial charge in [-0.3, -0.25) is 4.79 Å². The second-order valence-corrected chi connectivity index (χ2v) is 6.89. The first kappa shape index (κ1) is 20.6. The van der Waals surface area contributed by atoms with Crippen LogP contribution in [0.4, 0.5) is 0 Å². The van der Waals surface area contributed by atoms with Crippen LogP contribution in [0.15, 0.2) is 11.1 Å². The second kappa shape index (κ2) is 9.18. The van der Waals surface area contributed by atoms with Crippen LogP contribution in [0.25, 0.3) is 0 Å². The summed E-state index contributed by atoms with van der Waals surface area (Å²) in [6.45, 7) is 9.93. The molecular formula is C16H27Cl2N5O. The van der Waals surface area contributed by atoms with E-state index in [0.29, 0.717) is 35.8 Å². The normalized spacial score (nSPS) is 12.2. The minimum Gasteiger partial charge on any atom is -0.357 e. The lowest BCUT2D eigenvalue weighted by molar-refractivity contribution is -0.128. The highest BCUT2D eigenvalue weighted by molar-refractivity contribution is 6.41. The van der Waals surface area contributed by atoms with E-state index < -0.39 is 5.41 Å². The minimum atomic E-state index is -0.538. The summed E-state index contributed by atoms with van der Waals surface area (Å²) >= 11 is 12.1. The summed E-state index contributed by atoms with van der Waals surface area (Å²) < 4.78 is 1.80. The Kier molecular flexibility index (Phi) is 7.90. The molecule has 6 nitrogen and oxygen atoms in total. The van der Waals surface area contributed by atoms with Crippen molar-refractivity contribution in [3.05, 3.63) is 21.9 Å². The molecule has 0 atom stereocenters. The number of aliphatic imine (C=N–C) groups is 1. The van der Waals surface area contributed by atoms with Gasteiger partial charge in [-0.05, 0) is 33.8 Å². The molecule has 0 saturated carbocycles. The molecule has 1 aromatic heterocycles. The molecule has 0 bridgehead atoms. The zero-order valence-corrected chi connectivity index (χ0v) is 16.5. The Balaban J connectivity index is 2.75. The van der Waals surface area contributed by atoms with Gasteiger partial charge in [0, 0.05) is 32.4 Å². The van der Waals surface area contributed by atoms with Gasteiger partial charge in [-0.1, -0.05) is 23.2 Å². The van der Waals surface area contributed by atoms with Crippen LogP contribution in [0.3, 0.4) is 0 Å². The molecule has 0 radical (unpaired) electrons. The third-order valence-electron chi connectivity index (χ3n) is 3.61. The van der Waals surface area contributed by atoms with Crippen LogP contribution in [0.2, 0.25) is 10.2 Å². The molecule has 24 heavy (non-hydrogen) atoms. The molecule has 8 heteroatoms. The van der Waals surface area contributed by atoms with Crippen molar-refractivity contribution in [3.63, 3.8) is 0 Å². The largest absolute Gasteiger partial charge is 0.357 e. The van der Waals surface area contributed by atoms with E-state index >= 15 is 0 Å². The molecule has 0 saturated heterocycles. The summed E-state index contributed by atoms with van der Waals surface area (Å²) in [5, 5.41) is 10.2. The number of halogens is 2. The van der Waals surface area contributed by atoms with E-state index in [4.69, 9.17) is 23.2 Å². The smallest absolute Gasteiger partial charge is 0.227 e.